The highest BCUT2D eigenvalue weighted by Crippen LogP contribution is 2.23. The number of rotatable bonds is 6. The molecule has 0 spiro atoms. The van der Waals surface area contributed by atoms with Crippen LogP contribution in [-0.2, 0) is 25.5 Å². The third-order valence-electron chi connectivity index (χ3n) is 4.00. The van der Waals surface area contributed by atoms with E-state index in [4.69, 9.17) is 4.74 Å². The van der Waals surface area contributed by atoms with Crippen molar-refractivity contribution in [2.24, 2.45) is 5.41 Å². The average molecular weight is 348 g/mol. The van der Waals surface area contributed by atoms with Crippen molar-refractivity contribution in [2.45, 2.75) is 53.5 Å². The number of amides is 1. The zero-order valence-corrected chi connectivity index (χ0v) is 14.4. The van der Waals surface area contributed by atoms with Crippen molar-refractivity contribution in [1.82, 2.24) is 9.88 Å². The first kappa shape index (κ1) is 20.8. The highest BCUT2D eigenvalue weighted by atomic mass is 16.5. The van der Waals surface area contributed by atoms with Gasteiger partial charge in [-0.15, -0.1) is 0 Å². The van der Waals surface area contributed by atoms with E-state index in [9.17, 15) is 14.4 Å². The van der Waals surface area contributed by atoms with E-state index in [0.717, 1.165) is 12.0 Å². The fraction of sp³-hybridized carbons (Fsp3) is 0.579. The van der Waals surface area contributed by atoms with Crippen LogP contribution in [0, 0.1) is 5.41 Å². The minimum Gasteiger partial charge on any atom is -0.464 e. The number of nitrogens with zero attached hydrogens (tertiary/aromatic N) is 2. The van der Waals surface area contributed by atoms with Crippen molar-refractivity contribution >= 4 is 17.7 Å². The first-order valence-electron chi connectivity index (χ1n) is 8.21. The molecule has 0 unspecified atom stereocenters. The maximum atomic E-state index is 12.2. The fourth-order valence-electron chi connectivity index (χ4n) is 2.42. The Balaban J connectivity index is 0.00000312. The molecule has 138 valence electrons. The first-order valence-corrected chi connectivity index (χ1v) is 8.21. The Kier molecular flexibility index (Phi) is 7.27. The van der Waals surface area contributed by atoms with Crippen LogP contribution < -0.4 is 0 Å². The number of hydrogen-bond acceptors (Lipinski definition) is 5. The van der Waals surface area contributed by atoms with Gasteiger partial charge in [0, 0.05) is 24.4 Å². The standard InChI is InChI=1S/C18H24N2O4.CH4/c1-18(2,3)15(21)16(22)20-10-8-14(20)17(23)24-11-5-7-13-6-4-9-19-12-13;/h4,6,9,12,14H,5,7-8,10-11H2,1-3H3;1H4/t14-;/m0./s1. The number of pyridine rings is 1. The largest absolute Gasteiger partial charge is 0.464 e. The summed E-state index contributed by atoms with van der Waals surface area (Å²) in [5.74, 6) is -1.50. The molecule has 0 aromatic carbocycles. The van der Waals surface area contributed by atoms with E-state index < -0.39 is 29.1 Å². The smallest absolute Gasteiger partial charge is 0.328 e. The molecule has 2 rings (SSSR count). The molecular formula is C19H28N2O4. The van der Waals surface area contributed by atoms with Crippen LogP contribution in [0.15, 0.2) is 24.5 Å². The minimum atomic E-state index is -0.745. The summed E-state index contributed by atoms with van der Waals surface area (Å²) < 4.78 is 5.25. The normalized spacial score (nSPS) is 16.4. The molecule has 1 amide bonds. The Morgan fingerprint density at radius 3 is 2.56 bits per heavy atom. The van der Waals surface area contributed by atoms with E-state index in [1.807, 2.05) is 12.1 Å². The second-order valence-corrected chi connectivity index (χ2v) is 7.01. The van der Waals surface area contributed by atoms with Crippen molar-refractivity contribution in [2.75, 3.05) is 13.2 Å². The summed E-state index contributed by atoms with van der Waals surface area (Å²) in [6.07, 6.45) is 5.51. The molecule has 1 aromatic heterocycles. The van der Waals surface area contributed by atoms with E-state index >= 15 is 0 Å². The second-order valence-electron chi connectivity index (χ2n) is 7.01. The molecule has 1 atom stereocenters. The van der Waals surface area contributed by atoms with Crippen LogP contribution in [-0.4, -0.2) is 46.7 Å². The van der Waals surface area contributed by atoms with Gasteiger partial charge in [0.05, 0.1) is 6.61 Å². The summed E-state index contributed by atoms with van der Waals surface area (Å²) in [7, 11) is 0. The second kappa shape index (κ2) is 8.74. The van der Waals surface area contributed by atoms with Gasteiger partial charge in [-0.2, -0.15) is 0 Å². The monoisotopic (exact) mass is 348 g/mol. The lowest BCUT2D eigenvalue weighted by molar-refractivity contribution is -0.165. The molecule has 25 heavy (non-hydrogen) atoms. The van der Waals surface area contributed by atoms with Crippen LogP contribution in [0.3, 0.4) is 0 Å². The van der Waals surface area contributed by atoms with Gasteiger partial charge in [-0.25, -0.2) is 4.79 Å². The molecule has 6 nitrogen and oxygen atoms in total. The quantitative estimate of drug-likeness (QED) is 0.448. The number of hydrogen-bond donors (Lipinski definition) is 0. The lowest BCUT2D eigenvalue weighted by atomic mass is 9.88. The molecule has 6 heteroatoms. The molecule has 1 fully saturated rings. The van der Waals surface area contributed by atoms with Crippen molar-refractivity contribution < 1.29 is 19.1 Å². The molecule has 1 aromatic rings. The number of carbonyl (C=O) groups excluding carboxylic acids is 3. The number of aryl methyl sites for hydroxylation is 1. The highest BCUT2D eigenvalue weighted by molar-refractivity contribution is 6.38. The van der Waals surface area contributed by atoms with Crippen LogP contribution in [0.4, 0.5) is 0 Å². The van der Waals surface area contributed by atoms with Crippen LogP contribution in [0.25, 0.3) is 0 Å². The van der Waals surface area contributed by atoms with Crippen LogP contribution in [0.2, 0.25) is 0 Å². The Hall–Kier alpha value is -2.24. The molecule has 1 aliphatic rings. The molecule has 2 heterocycles. The molecule has 1 aliphatic heterocycles. The van der Waals surface area contributed by atoms with Gasteiger partial charge in [-0.05, 0) is 30.9 Å². The number of esters is 1. The van der Waals surface area contributed by atoms with Gasteiger partial charge < -0.3 is 9.64 Å². The van der Waals surface area contributed by atoms with E-state index in [0.29, 0.717) is 26.0 Å². The Morgan fingerprint density at radius 1 is 1.32 bits per heavy atom. The summed E-state index contributed by atoms with van der Waals surface area (Å²) in [6, 6.07) is 3.22. The van der Waals surface area contributed by atoms with Gasteiger partial charge in [0.2, 0.25) is 5.78 Å². The molecule has 0 aliphatic carbocycles. The van der Waals surface area contributed by atoms with Crippen molar-refractivity contribution in [1.29, 1.82) is 0 Å². The van der Waals surface area contributed by atoms with Gasteiger partial charge in [0.15, 0.2) is 0 Å². The number of Topliss-reactive ketones (excluding diaryl/α,β-unsaturated/α-hetero) is 1. The molecule has 0 saturated carbocycles. The highest BCUT2D eigenvalue weighted by Gasteiger charge is 2.43. The summed E-state index contributed by atoms with van der Waals surface area (Å²) in [6.45, 7) is 5.80. The number of carbonyl (C=O) groups is 3. The topological polar surface area (TPSA) is 76.6 Å². The predicted molar refractivity (Wildman–Crippen MR) is 94.8 cm³/mol. The van der Waals surface area contributed by atoms with Gasteiger partial charge >= 0.3 is 5.97 Å². The van der Waals surface area contributed by atoms with Crippen molar-refractivity contribution in [3.63, 3.8) is 0 Å². The maximum Gasteiger partial charge on any atom is 0.328 e. The third-order valence-corrected chi connectivity index (χ3v) is 4.00. The molecule has 0 bridgehead atoms. The molecule has 0 N–H and O–H groups in total. The Morgan fingerprint density at radius 2 is 2.04 bits per heavy atom. The van der Waals surface area contributed by atoms with Gasteiger partial charge in [0.1, 0.15) is 6.04 Å². The Bertz CT molecular complexity index is 608. The summed E-state index contributed by atoms with van der Waals surface area (Å²) >= 11 is 0. The zero-order valence-electron chi connectivity index (χ0n) is 14.4. The number of ether oxygens (including phenoxy) is 1. The average Bonchev–Trinajstić information content (AvgIpc) is 2.49. The van der Waals surface area contributed by atoms with E-state index in [1.54, 1.807) is 33.2 Å². The maximum absolute atomic E-state index is 12.2. The van der Waals surface area contributed by atoms with Gasteiger partial charge in [0.25, 0.3) is 5.91 Å². The summed E-state index contributed by atoms with van der Waals surface area (Å²) in [5.41, 5.74) is 0.343. The predicted octanol–water partition coefficient (Wildman–Crippen LogP) is 2.41. The van der Waals surface area contributed by atoms with Crippen molar-refractivity contribution in [3.8, 4) is 0 Å². The van der Waals surface area contributed by atoms with E-state index in [-0.39, 0.29) is 7.43 Å². The fourth-order valence-corrected chi connectivity index (χ4v) is 2.42. The Labute approximate surface area is 149 Å². The summed E-state index contributed by atoms with van der Waals surface area (Å²) in [5, 5.41) is 0. The SMILES string of the molecule is C.CC(C)(C)C(=O)C(=O)N1CC[C@H]1C(=O)OCCCc1cccnc1. The summed E-state index contributed by atoms with van der Waals surface area (Å²) in [4.78, 5) is 41.6. The van der Waals surface area contributed by atoms with Crippen molar-refractivity contribution in [3.05, 3.63) is 30.1 Å². The first-order chi connectivity index (χ1) is 11.3. The zero-order chi connectivity index (χ0) is 17.7. The van der Waals surface area contributed by atoms with Crippen LogP contribution in [0.1, 0.15) is 46.6 Å². The molecular weight excluding hydrogens is 320 g/mol. The van der Waals surface area contributed by atoms with E-state index in [1.165, 1.54) is 4.90 Å². The van der Waals surface area contributed by atoms with Crippen LogP contribution >= 0.6 is 0 Å². The van der Waals surface area contributed by atoms with Crippen LogP contribution in [0.5, 0.6) is 0 Å². The number of ketones is 1. The third kappa shape index (κ3) is 5.37. The van der Waals surface area contributed by atoms with Gasteiger partial charge in [-0.1, -0.05) is 34.3 Å². The lowest BCUT2D eigenvalue weighted by Gasteiger charge is -2.39. The number of likely N-dealkylation sites (tertiary alicyclic amines) is 1. The lowest BCUT2D eigenvalue weighted by Crippen LogP contribution is -2.58. The number of aromatic nitrogens is 1. The minimum absolute atomic E-state index is 0. The molecule has 0 radical (unpaired) electrons. The van der Waals surface area contributed by atoms with E-state index in [2.05, 4.69) is 4.98 Å². The molecule has 1 saturated heterocycles. The van der Waals surface area contributed by atoms with Gasteiger partial charge in [-0.3, -0.25) is 14.6 Å².